The van der Waals surface area contributed by atoms with Crippen molar-refractivity contribution in [2.75, 3.05) is 13.2 Å². The first-order valence-corrected chi connectivity index (χ1v) is 5.49. The fraction of sp³-hybridized carbons (Fsp3) is 0.818. The highest BCUT2D eigenvalue weighted by atomic mass is 16.6. The van der Waals surface area contributed by atoms with E-state index in [1.807, 2.05) is 6.92 Å². The van der Waals surface area contributed by atoms with Crippen LogP contribution in [0.4, 0.5) is 0 Å². The lowest BCUT2D eigenvalue weighted by Crippen LogP contribution is -2.35. The Balaban J connectivity index is 2.00. The fourth-order valence-electron chi connectivity index (χ4n) is 1.80. The van der Waals surface area contributed by atoms with E-state index in [2.05, 4.69) is 0 Å². The van der Waals surface area contributed by atoms with Crippen LogP contribution in [0.5, 0.6) is 0 Å². The molecular weight excluding hydrogens is 196 g/mol. The van der Waals surface area contributed by atoms with Crippen molar-refractivity contribution >= 4 is 0 Å². The molecule has 4 nitrogen and oxygen atoms in total. The normalized spacial score (nSPS) is 33.6. The Morgan fingerprint density at radius 1 is 1.33 bits per heavy atom. The van der Waals surface area contributed by atoms with Crippen molar-refractivity contribution in [3.8, 4) is 0 Å². The zero-order valence-corrected chi connectivity index (χ0v) is 8.98. The number of hydrogen-bond acceptors (Lipinski definition) is 4. The Bertz CT molecular complexity index is 239. The monoisotopic (exact) mass is 214 g/mol. The van der Waals surface area contributed by atoms with E-state index >= 15 is 0 Å². The summed E-state index contributed by atoms with van der Waals surface area (Å²) in [4.78, 5) is 0. The van der Waals surface area contributed by atoms with E-state index in [1.165, 1.54) is 0 Å². The number of aliphatic hydroxyl groups excluding tert-OH is 1. The first kappa shape index (κ1) is 10.9. The molecule has 0 aromatic carbocycles. The van der Waals surface area contributed by atoms with Gasteiger partial charge >= 0.3 is 0 Å². The van der Waals surface area contributed by atoms with E-state index in [0.29, 0.717) is 32.5 Å². The Hall–Kier alpha value is -0.580. The lowest BCUT2D eigenvalue weighted by atomic mass is 9.89. The van der Waals surface area contributed by atoms with Gasteiger partial charge in [0.1, 0.15) is 11.4 Å². The van der Waals surface area contributed by atoms with Crippen molar-refractivity contribution in [1.82, 2.24) is 0 Å². The van der Waals surface area contributed by atoms with Crippen LogP contribution < -0.4 is 0 Å². The van der Waals surface area contributed by atoms with Crippen LogP contribution >= 0.6 is 0 Å². The number of ether oxygens (including phenoxy) is 2. The number of epoxide rings is 2. The minimum absolute atomic E-state index is 0.0657. The summed E-state index contributed by atoms with van der Waals surface area (Å²) in [5.41, 5.74) is -1.15. The molecule has 0 aromatic rings. The second kappa shape index (κ2) is 4.12. The van der Waals surface area contributed by atoms with Gasteiger partial charge in [0.15, 0.2) is 0 Å². The highest BCUT2D eigenvalue weighted by Gasteiger charge is 2.43. The summed E-state index contributed by atoms with van der Waals surface area (Å²) < 4.78 is 10.2. The standard InChI is InChI=1S/C11H18O4/c1-2-3-10(12)11(13,4-8-6-14-8)5-9-7-15-9/h3,8-9,12-13H,2,4-7H2,1H3. The molecule has 0 aromatic heterocycles. The molecule has 0 aliphatic carbocycles. The van der Waals surface area contributed by atoms with Gasteiger partial charge in [0.2, 0.25) is 0 Å². The van der Waals surface area contributed by atoms with E-state index in [0.717, 1.165) is 0 Å². The average molecular weight is 214 g/mol. The predicted molar refractivity (Wildman–Crippen MR) is 54.7 cm³/mol. The van der Waals surface area contributed by atoms with Gasteiger partial charge in [-0.3, -0.25) is 0 Å². The van der Waals surface area contributed by atoms with E-state index in [1.54, 1.807) is 6.08 Å². The summed E-state index contributed by atoms with van der Waals surface area (Å²) >= 11 is 0. The maximum absolute atomic E-state index is 10.4. The van der Waals surface area contributed by atoms with E-state index in [4.69, 9.17) is 9.47 Å². The first-order valence-electron chi connectivity index (χ1n) is 5.49. The topological polar surface area (TPSA) is 65.5 Å². The molecule has 0 radical (unpaired) electrons. The molecular formula is C11H18O4. The molecule has 2 aliphatic rings. The summed E-state index contributed by atoms with van der Waals surface area (Å²) in [6.07, 6.45) is 3.50. The SMILES string of the molecule is CCC=C(O)C(O)(CC1CO1)CC1CO1. The van der Waals surface area contributed by atoms with Gasteiger partial charge < -0.3 is 19.7 Å². The first-order chi connectivity index (χ1) is 7.14. The van der Waals surface area contributed by atoms with Crippen LogP contribution in [0.15, 0.2) is 11.8 Å². The smallest absolute Gasteiger partial charge is 0.126 e. The molecule has 0 spiro atoms. The van der Waals surface area contributed by atoms with Crippen LogP contribution in [0.2, 0.25) is 0 Å². The van der Waals surface area contributed by atoms with Gasteiger partial charge in [0.05, 0.1) is 25.4 Å². The average Bonchev–Trinajstić information content (AvgIpc) is 3.02. The summed E-state index contributed by atoms with van der Waals surface area (Å²) in [6.45, 7) is 3.30. The summed E-state index contributed by atoms with van der Waals surface area (Å²) in [5, 5.41) is 20.2. The third kappa shape index (κ3) is 2.93. The van der Waals surface area contributed by atoms with Gasteiger partial charge in [0, 0.05) is 12.8 Å². The third-order valence-corrected chi connectivity index (χ3v) is 2.81. The Labute approximate surface area is 89.5 Å². The largest absolute Gasteiger partial charge is 0.510 e. The summed E-state index contributed by atoms with van der Waals surface area (Å²) in [7, 11) is 0. The Morgan fingerprint density at radius 3 is 2.13 bits per heavy atom. The molecule has 0 amide bonds. The third-order valence-electron chi connectivity index (χ3n) is 2.81. The molecule has 2 fully saturated rings. The molecule has 2 atom stereocenters. The number of aliphatic hydroxyl groups is 2. The molecule has 2 rings (SSSR count). The van der Waals surface area contributed by atoms with Crippen LogP contribution in [0.3, 0.4) is 0 Å². The predicted octanol–water partition coefficient (Wildman–Crippen LogP) is 1.15. The van der Waals surface area contributed by atoms with Gasteiger partial charge in [-0.1, -0.05) is 6.92 Å². The second-order valence-electron chi connectivity index (χ2n) is 4.35. The minimum atomic E-state index is -1.15. The maximum atomic E-state index is 10.4. The summed E-state index contributed by atoms with van der Waals surface area (Å²) in [5.74, 6) is 0.0657. The van der Waals surface area contributed by atoms with Crippen molar-refractivity contribution in [1.29, 1.82) is 0 Å². The van der Waals surface area contributed by atoms with Crippen LogP contribution in [-0.4, -0.2) is 41.2 Å². The van der Waals surface area contributed by atoms with Gasteiger partial charge in [-0.25, -0.2) is 0 Å². The van der Waals surface area contributed by atoms with Crippen molar-refractivity contribution in [3.05, 3.63) is 11.8 Å². The molecule has 4 heteroatoms. The maximum Gasteiger partial charge on any atom is 0.126 e. The molecule has 2 aliphatic heterocycles. The van der Waals surface area contributed by atoms with Crippen LogP contribution in [-0.2, 0) is 9.47 Å². The molecule has 2 N–H and O–H groups in total. The van der Waals surface area contributed by atoms with Crippen molar-refractivity contribution in [3.63, 3.8) is 0 Å². The van der Waals surface area contributed by atoms with Crippen molar-refractivity contribution in [2.24, 2.45) is 0 Å². The second-order valence-corrected chi connectivity index (χ2v) is 4.35. The lowest BCUT2D eigenvalue weighted by molar-refractivity contribution is 0.00691. The molecule has 2 heterocycles. The van der Waals surface area contributed by atoms with Gasteiger partial charge in [0.25, 0.3) is 0 Å². The van der Waals surface area contributed by atoms with E-state index in [9.17, 15) is 10.2 Å². The molecule has 0 saturated carbocycles. The highest BCUT2D eigenvalue weighted by Crippen LogP contribution is 2.34. The van der Waals surface area contributed by atoms with Crippen LogP contribution in [0.25, 0.3) is 0 Å². The van der Waals surface area contributed by atoms with Gasteiger partial charge in [-0.2, -0.15) is 0 Å². The highest BCUT2D eigenvalue weighted by molar-refractivity contribution is 5.11. The molecule has 86 valence electrons. The number of rotatable bonds is 6. The molecule has 15 heavy (non-hydrogen) atoms. The number of hydrogen-bond donors (Lipinski definition) is 2. The Morgan fingerprint density at radius 2 is 1.80 bits per heavy atom. The van der Waals surface area contributed by atoms with Crippen LogP contribution in [0, 0.1) is 0 Å². The van der Waals surface area contributed by atoms with Crippen LogP contribution in [0.1, 0.15) is 26.2 Å². The molecule has 0 bridgehead atoms. The van der Waals surface area contributed by atoms with Gasteiger partial charge in [-0.15, -0.1) is 0 Å². The van der Waals surface area contributed by atoms with Gasteiger partial charge in [-0.05, 0) is 12.5 Å². The van der Waals surface area contributed by atoms with Crippen molar-refractivity contribution < 1.29 is 19.7 Å². The molecule has 2 unspecified atom stereocenters. The van der Waals surface area contributed by atoms with E-state index < -0.39 is 5.60 Å². The summed E-state index contributed by atoms with van der Waals surface area (Å²) in [6, 6.07) is 0. The van der Waals surface area contributed by atoms with E-state index in [-0.39, 0.29) is 18.0 Å². The Kier molecular flexibility index (Phi) is 3.00. The van der Waals surface area contributed by atoms with Crippen molar-refractivity contribution in [2.45, 2.75) is 44.0 Å². The minimum Gasteiger partial charge on any atom is -0.510 e. The molecule has 2 saturated heterocycles. The number of allylic oxidation sites excluding steroid dienone is 1. The zero-order valence-electron chi connectivity index (χ0n) is 8.98. The fourth-order valence-corrected chi connectivity index (χ4v) is 1.80. The quantitative estimate of drug-likeness (QED) is 0.514. The lowest BCUT2D eigenvalue weighted by Gasteiger charge is -2.26. The zero-order chi connectivity index (χ0) is 10.9.